The van der Waals surface area contributed by atoms with Crippen molar-refractivity contribution in [1.82, 2.24) is 0 Å². The van der Waals surface area contributed by atoms with Crippen LogP contribution in [0.25, 0.3) is 0 Å². The van der Waals surface area contributed by atoms with E-state index < -0.39 is 0 Å². The molecule has 136 valence electrons. The molecule has 5 unspecified atom stereocenters. The van der Waals surface area contributed by atoms with Crippen LogP contribution >= 0.6 is 0 Å². The first-order valence-corrected chi connectivity index (χ1v) is 10.8. The van der Waals surface area contributed by atoms with Crippen LogP contribution in [0.1, 0.15) is 87.3 Å². The van der Waals surface area contributed by atoms with Crippen LogP contribution in [0.3, 0.4) is 0 Å². The standard InChI is InChI=1S/C24H34O/c1-2-3-17-4-6-21-14-23(10-8-19(21)12-17)24-11-9-20-13-18(16-25)5-7-22(20)15-24/h8,10,14,16-18,20,22,24H,2-7,9,11-13,15H2,1H3. The third kappa shape index (κ3) is 3.71. The number of carbonyl (C=O) groups is 1. The molecule has 0 saturated heterocycles. The Balaban J connectivity index is 1.42. The van der Waals surface area contributed by atoms with Crippen LogP contribution in [-0.4, -0.2) is 6.29 Å². The van der Waals surface area contributed by atoms with E-state index in [1.54, 1.807) is 16.7 Å². The molecular formula is C24H34O. The van der Waals surface area contributed by atoms with E-state index in [-0.39, 0.29) is 0 Å². The van der Waals surface area contributed by atoms with Crippen molar-refractivity contribution in [2.75, 3.05) is 0 Å². The smallest absolute Gasteiger partial charge is 0.123 e. The molecule has 2 saturated carbocycles. The van der Waals surface area contributed by atoms with Gasteiger partial charge >= 0.3 is 0 Å². The molecule has 25 heavy (non-hydrogen) atoms. The van der Waals surface area contributed by atoms with Gasteiger partial charge in [0.2, 0.25) is 0 Å². The molecule has 1 heteroatoms. The van der Waals surface area contributed by atoms with Crippen LogP contribution in [0.5, 0.6) is 0 Å². The van der Waals surface area contributed by atoms with Crippen LogP contribution in [0.4, 0.5) is 0 Å². The van der Waals surface area contributed by atoms with Crippen molar-refractivity contribution in [2.24, 2.45) is 23.7 Å². The van der Waals surface area contributed by atoms with Crippen molar-refractivity contribution >= 4 is 6.29 Å². The van der Waals surface area contributed by atoms with Crippen LogP contribution in [0, 0.1) is 23.7 Å². The topological polar surface area (TPSA) is 17.1 Å². The first kappa shape index (κ1) is 17.3. The number of aldehydes is 1. The summed E-state index contributed by atoms with van der Waals surface area (Å²) in [5.41, 5.74) is 4.90. The zero-order valence-electron chi connectivity index (χ0n) is 15.9. The molecule has 1 aromatic carbocycles. The van der Waals surface area contributed by atoms with E-state index in [0.29, 0.717) is 5.92 Å². The van der Waals surface area contributed by atoms with Crippen molar-refractivity contribution < 1.29 is 4.79 Å². The fourth-order valence-electron chi connectivity index (χ4n) is 6.11. The van der Waals surface area contributed by atoms with Gasteiger partial charge in [-0.2, -0.15) is 0 Å². The lowest BCUT2D eigenvalue weighted by Gasteiger charge is -2.41. The van der Waals surface area contributed by atoms with E-state index in [9.17, 15) is 4.79 Å². The van der Waals surface area contributed by atoms with Crippen LogP contribution in [0.15, 0.2) is 18.2 Å². The summed E-state index contributed by atoms with van der Waals surface area (Å²) >= 11 is 0. The van der Waals surface area contributed by atoms with Crippen LogP contribution < -0.4 is 0 Å². The summed E-state index contributed by atoms with van der Waals surface area (Å²) < 4.78 is 0. The monoisotopic (exact) mass is 338 g/mol. The summed E-state index contributed by atoms with van der Waals surface area (Å²) in [5, 5.41) is 0. The lowest BCUT2D eigenvalue weighted by atomic mass is 9.64. The highest BCUT2D eigenvalue weighted by atomic mass is 16.1. The van der Waals surface area contributed by atoms with E-state index in [0.717, 1.165) is 30.1 Å². The first-order valence-electron chi connectivity index (χ1n) is 10.8. The Morgan fingerprint density at radius 3 is 2.68 bits per heavy atom. The van der Waals surface area contributed by atoms with Crippen LogP contribution in [0.2, 0.25) is 0 Å². The molecule has 0 radical (unpaired) electrons. The van der Waals surface area contributed by atoms with Gasteiger partial charge in [0.05, 0.1) is 0 Å². The molecule has 0 amide bonds. The molecule has 0 bridgehead atoms. The summed E-state index contributed by atoms with van der Waals surface area (Å²) in [6.07, 6.45) is 15.6. The Bertz CT molecular complexity index is 604. The molecule has 0 aromatic heterocycles. The molecule has 0 spiro atoms. The SMILES string of the molecule is CCCC1CCc2cc(C3CCC4CC(C=O)CCC4C3)ccc2C1. The van der Waals surface area contributed by atoms with E-state index in [1.165, 1.54) is 70.5 Å². The fourth-order valence-corrected chi connectivity index (χ4v) is 6.11. The summed E-state index contributed by atoms with van der Waals surface area (Å²) in [4.78, 5) is 11.1. The Kier molecular flexibility index (Phi) is 5.29. The van der Waals surface area contributed by atoms with Gasteiger partial charge in [0.1, 0.15) is 6.29 Å². The van der Waals surface area contributed by atoms with Crippen molar-refractivity contribution in [2.45, 2.75) is 83.5 Å². The maximum absolute atomic E-state index is 11.1. The van der Waals surface area contributed by atoms with Crippen LogP contribution in [-0.2, 0) is 17.6 Å². The quantitative estimate of drug-likeness (QED) is 0.607. The summed E-state index contributed by atoms with van der Waals surface area (Å²) in [7, 11) is 0. The highest BCUT2D eigenvalue weighted by molar-refractivity contribution is 5.53. The second-order valence-corrected chi connectivity index (χ2v) is 9.16. The number of hydrogen-bond donors (Lipinski definition) is 0. The summed E-state index contributed by atoms with van der Waals surface area (Å²) in [6, 6.07) is 7.48. The van der Waals surface area contributed by atoms with Gasteiger partial charge in [0.15, 0.2) is 0 Å². The van der Waals surface area contributed by atoms with Gasteiger partial charge in [0, 0.05) is 5.92 Å². The van der Waals surface area contributed by atoms with Gasteiger partial charge in [-0.25, -0.2) is 0 Å². The molecule has 0 N–H and O–H groups in total. The lowest BCUT2D eigenvalue weighted by molar-refractivity contribution is -0.113. The van der Waals surface area contributed by atoms with E-state index in [2.05, 4.69) is 25.1 Å². The van der Waals surface area contributed by atoms with Gasteiger partial charge in [-0.05, 0) is 98.1 Å². The highest BCUT2D eigenvalue weighted by Gasteiger charge is 2.36. The zero-order valence-corrected chi connectivity index (χ0v) is 15.9. The fraction of sp³-hybridized carbons (Fsp3) is 0.708. The predicted molar refractivity (Wildman–Crippen MR) is 104 cm³/mol. The molecule has 2 fully saturated rings. The second kappa shape index (κ2) is 7.64. The maximum Gasteiger partial charge on any atom is 0.123 e. The largest absolute Gasteiger partial charge is 0.303 e. The highest BCUT2D eigenvalue weighted by Crippen LogP contribution is 2.47. The van der Waals surface area contributed by atoms with Gasteiger partial charge in [-0.3, -0.25) is 0 Å². The minimum atomic E-state index is 0.359. The molecule has 1 nitrogen and oxygen atoms in total. The average Bonchev–Trinajstić information content (AvgIpc) is 2.67. The van der Waals surface area contributed by atoms with Crippen molar-refractivity contribution in [3.63, 3.8) is 0 Å². The van der Waals surface area contributed by atoms with Crippen molar-refractivity contribution in [3.05, 3.63) is 34.9 Å². The van der Waals surface area contributed by atoms with Crippen molar-refractivity contribution in [3.8, 4) is 0 Å². The Hall–Kier alpha value is -1.11. The number of fused-ring (bicyclic) bond motifs is 2. The summed E-state index contributed by atoms with van der Waals surface area (Å²) in [6.45, 7) is 2.32. The number of carbonyl (C=O) groups excluding carboxylic acids is 1. The minimum absolute atomic E-state index is 0.359. The third-order valence-corrected chi connectivity index (χ3v) is 7.58. The molecule has 1 aromatic rings. The average molecular weight is 339 g/mol. The Labute approximate surface area is 153 Å². The Morgan fingerprint density at radius 2 is 1.84 bits per heavy atom. The van der Waals surface area contributed by atoms with Gasteiger partial charge in [-0.1, -0.05) is 38.0 Å². The molecule has 3 aliphatic carbocycles. The van der Waals surface area contributed by atoms with Gasteiger partial charge in [-0.15, -0.1) is 0 Å². The number of rotatable bonds is 4. The molecule has 0 aliphatic heterocycles. The molecule has 4 rings (SSSR count). The Morgan fingerprint density at radius 1 is 1.00 bits per heavy atom. The second-order valence-electron chi connectivity index (χ2n) is 9.16. The molecular weight excluding hydrogens is 304 g/mol. The maximum atomic E-state index is 11.1. The molecule has 0 heterocycles. The van der Waals surface area contributed by atoms with Gasteiger partial charge < -0.3 is 4.79 Å². The third-order valence-electron chi connectivity index (χ3n) is 7.58. The zero-order chi connectivity index (χ0) is 17.2. The van der Waals surface area contributed by atoms with E-state index in [4.69, 9.17) is 0 Å². The number of benzene rings is 1. The number of aryl methyl sites for hydroxylation is 1. The van der Waals surface area contributed by atoms with Gasteiger partial charge in [0.25, 0.3) is 0 Å². The number of hydrogen-bond acceptors (Lipinski definition) is 1. The lowest BCUT2D eigenvalue weighted by Crippen LogP contribution is -2.31. The van der Waals surface area contributed by atoms with E-state index >= 15 is 0 Å². The molecule has 5 atom stereocenters. The normalized spacial score (nSPS) is 34.8. The van der Waals surface area contributed by atoms with E-state index in [1.807, 2.05) is 0 Å². The summed E-state index contributed by atoms with van der Waals surface area (Å²) in [5.74, 6) is 3.75. The predicted octanol–water partition coefficient (Wildman–Crippen LogP) is 6.09. The molecule has 3 aliphatic rings. The van der Waals surface area contributed by atoms with Crippen molar-refractivity contribution in [1.29, 1.82) is 0 Å². The first-order chi connectivity index (χ1) is 12.3. The minimum Gasteiger partial charge on any atom is -0.303 e.